The first-order valence-electron chi connectivity index (χ1n) is 5.32. The van der Waals surface area contributed by atoms with Crippen molar-refractivity contribution in [2.75, 3.05) is 0 Å². The quantitative estimate of drug-likeness (QED) is 0.544. The highest BCUT2D eigenvalue weighted by Crippen LogP contribution is 2.39. The summed E-state index contributed by atoms with van der Waals surface area (Å²) in [7, 11) is 0. The number of halogens is 7. The van der Waals surface area contributed by atoms with Gasteiger partial charge in [-0.05, 0) is 13.8 Å². The molecular formula is C10H13ClF6N2. The molecule has 0 aromatic carbocycles. The molecule has 19 heavy (non-hydrogen) atoms. The summed E-state index contributed by atoms with van der Waals surface area (Å²) >= 11 is 0. The highest BCUT2D eigenvalue weighted by atomic mass is 35.5. The van der Waals surface area contributed by atoms with Crippen LogP contribution in [-0.4, -0.2) is 4.57 Å². The predicted octanol–water partition coefficient (Wildman–Crippen LogP) is 0.165. The summed E-state index contributed by atoms with van der Waals surface area (Å²) < 4.78 is 78.2. The van der Waals surface area contributed by atoms with Gasteiger partial charge >= 0.3 is 12.4 Å². The second-order valence-corrected chi connectivity index (χ2v) is 3.73. The molecule has 1 rings (SSSR count). The number of alkyl halides is 6. The van der Waals surface area contributed by atoms with Crippen LogP contribution in [0, 0.1) is 6.92 Å². The van der Waals surface area contributed by atoms with E-state index in [0.29, 0.717) is 9.13 Å². The van der Waals surface area contributed by atoms with Gasteiger partial charge in [0, 0.05) is 6.92 Å². The lowest BCUT2D eigenvalue weighted by atomic mass is 10.3. The van der Waals surface area contributed by atoms with Gasteiger partial charge in [0.05, 0.1) is 13.1 Å². The SMILES string of the molecule is CCn1c(C(F)(F)F)c(C(F)(F)F)[n+](CC)c1C.[Cl-]. The third-order valence-electron chi connectivity index (χ3n) is 2.71. The molecule has 0 aliphatic carbocycles. The molecule has 1 aromatic rings. The molecule has 0 aliphatic heterocycles. The summed E-state index contributed by atoms with van der Waals surface area (Å²) in [5, 5.41) is 0. The molecule has 0 bridgehead atoms. The fourth-order valence-electron chi connectivity index (χ4n) is 2.07. The fourth-order valence-corrected chi connectivity index (χ4v) is 2.07. The van der Waals surface area contributed by atoms with Gasteiger partial charge in [0.1, 0.15) is 0 Å². The van der Waals surface area contributed by atoms with Crippen molar-refractivity contribution < 1.29 is 43.3 Å². The van der Waals surface area contributed by atoms with E-state index in [0.717, 1.165) is 0 Å². The Balaban J connectivity index is 0.00000324. The summed E-state index contributed by atoms with van der Waals surface area (Å²) in [5.74, 6) is -0.0559. The van der Waals surface area contributed by atoms with Gasteiger partial charge in [0.25, 0.3) is 17.2 Å². The molecule has 2 nitrogen and oxygen atoms in total. The van der Waals surface area contributed by atoms with Crippen molar-refractivity contribution in [2.24, 2.45) is 0 Å². The predicted molar refractivity (Wildman–Crippen MR) is 50.7 cm³/mol. The molecule has 112 valence electrons. The summed E-state index contributed by atoms with van der Waals surface area (Å²) in [5.41, 5.74) is -3.26. The number of rotatable bonds is 2. The summed E-state index contributed by atoms with van der Waals surface area (Å²) in [6.45, 7) is 3.66. The van der Waals surface area contributed by atoms with Crippen molar-refractivity contribution in [1.82, 2.24) is 4.57 Å². The lowest BCUT2D eigenvalue weighted by molar-refractivity contribution is -0.717. The van der Waals surface area contributed by atoms with Crippen LogP contribution in [0.4, 0.5) is 26.3 Å². The lowest BCUT2D eigenvalue weighted by Gasteiger charge is -2.09. The topological polar surface area (TPSA) is 8.81 Å². The molecule has 0 aliphatic rings. The Morgan fingerprint density at radius 3 is 1.74 bits per heavy atom. The molecule has 0 atom stereocenters. The number of imidazole rings is 1. The minimum absolute atomic E-state index is 0. The van der Waals surface area contributed by atoms with E-state index in [9.17, 15) is 26.3 Å². The van der Waals surface area contributed by atoms with E-state index >= 15 is 0 Å². The normalized spacial score (nSPS) is 12.5. The molecule has 0 amide bonds. The van der Waals surface area contributed by atoms with Gasteiger partial charge < -0.3 is 12.4 Å². The van der Waals surface area contributed by atoms with Crippen LogP contribution in [0.3, 0.4) is 0 Å². The van der Waals surface area contributed by atoms with Crippen LogP contribution in [0.1, 0.15) is 31.1 Å². The van der Waals surface area contributed by atoms with Gasteiger partial charge in [-0.25, -0.2) is 9.13 Å². The second kappa shape index (κ2) is 5.60. The molecule has 1 aromatic heterocycles. The second-order valence-electron chi connectivity index (χ2n) is 3.73. The van der Waals surface area contributed by atoms with Gasteiger partial charge in [-0.2, -0.15) is 26.3 Å². The van der Waals surface area contributed by atoms with E-state index in [1.807, 2.05) is 0 Å². The van der Waals surface area contributed by atoms with Crippen LogP contribution in [0.2, 0.25) is 0 Å². The van der Waals surface area contributed by atoms with E-state index in [4.69, 9.17) is 0 Å². The van der Waals surface area contributed by atoms with Gasteiger partial charge in [0.15, 0.2) is 0 Å². The molecule has 0 N–H and O–H groups in total. The van der Waals surface area contributed by atoms with Gasteiger partial charge in [-0.1, -0.05) is 0 Å². The maximum atomic E-state index is 12.8. The van der Waals surface area contributed by atoms with Crippen molar-refractivity contribution in [3.05, 3.63) is 17.2 Å². The summed E-state index contributed by atoms with van der Waals surface area (Å²) in [4.78, 5) is 0. The van der Waals surface area contributed by atoms with Crippen LogP contribution in [0.15, 0.2) is 0 Å². The minimum atomic E-state index is -5.04. The Labute approximate surface area is 112 Å². The highest BCUT2D eigenvalue weighted by molar-refractivity contribution is 5.17. The van der Waals surface area contributed by atoms with E-state index in [1.165, 1.54) is 20.8 Å². The zero-order chi connectivity index (χ0) is 14.3. The molecule has 0 fully saturated rings. The Bertz CT molecular complexity index is 407. The first kappa shape index (κ1) is 18.1. The van der Waals surface area contributed by atoms with Crippen LogP contribution in [-0.2, 0) is 25.4 Å². The summed E-state index contributed by atoms with van der Waals surface area (Å²) in [6, 6.07) is 0. The number of aromatic nitrogens is 2. The van der Waals surface area contributed by atoms with Crippen molar-refractivity contribution >= 4 is 0 Å². The third kappa shape index (κ3) is 3.16. The van der Waals surface area contributed by atoms with Crippen LogP contribution >= 0.6 is 0 Å². The third-order valence-corrected chi connectivity index (χ3v) is 2.71. The fraction of sp³-hybridized carbons (Fsp3) is 0.700. The number of hydrogen-bond donors (Lipinski definition) is 0. The Morgan fingerprint density at radius 2 is 1.47 bits per heavy atom. The number of hydrogen-bond acceptors (Lipinski definition) is 0. The van der Waals surface area contributed by atoms with Crippen molar-refractivity contribution in [3.8, 4) is 0 Å². The standard InChI is InChI=1S/C10H13F6N2.ClH/c1-4-17-6(3)18(5-2)8(10(14,15)16)7(17)9(11,12)13;/h4-5H2,1-3H3;1H/q+1;/p-1. The molecule has 0 radical (unpaired) electrons. The molecular weight excluding hydrogens is 298 g/mol. The number of nitrogens with zero attached hydrogens (tertiary/aromatic N) is 2. The average molecular weight is 311 g/mol. The molecule has 0 spiro atoms. The molecule has 0 saturated heterocycles. The molecule has 0 unspecified atom stereocenters. The Morgan fingerprint density at radius 1 is 1.00 bits per heavy atom. The van der Waals surface area contributed by atoms with Gasteiger partial charge in [-0.15, -0.1) is 0 Å². The Kier molecular flexibility index (Phi) is 5.33. The van der Waals surface area contributed by atoms with Crippen LogP contribution in [0.5, 0.6) is 0 Å². The van der Waals surface area contributed by atoms with Crippen molar-refractivity contribution in [1.29, 1.82) is 0 Å². The zero-order valence-corrected chi connectivity index (χ0v) is 11.2. The van der Waals surface area contributed by atoms with E-state index in [1.54, 1.807) is 0 Å². The molecule has 0 saturated carbocycles. The summed E-state index contributed by atoms with van der Waals surface area (Å²) in [6.07, 6.45) is -10.1. The highest BCUT2D eigenvalue weighted by Gasteiger charge is 2.55. The van der Waals surface area contributed by atoms with Gasteiger partial charge in [-0.3, -0.25) is 0 Å². The largest absolute Gasteiger partial charge is 1.00 e. The minimum Gasteiger partial charge on any atom is -1.00 e. The van der Waals surface area contributed by atoms with E-state index in [-0.39, 0.29) is 31.3 Å². The Hall–Kier alpha value is -0.920. The van der Waals surface area contributed by atoms with E-state index < -0.39 is 23.7 Å². The average Bonchev–Trinajstić information content (AvgIpc) is 2.49. The monoisotopic (exact) mass is 310 g/mol. The molecule has 9 heteroatoms. The van der Waals surface area contributed by atoms with Gasteiger partial charge in [0.2, 0.25) is 0 Å². The van der Waals surface area contributed by atoms with E-state index in [2.05, 4.69) is 0 Å². The van der Waals surface area contributed by atoms with Crippen molar-refractivity contribution in [3.63, 3.8) is 0 Å². The molecule has 1 heterocycles. The van der Waals surface area contributed by atoms with Crippen LogP contribution in [0.25, 0.3) is 0 Å². The van der Waals surface area contributed by atoms with Crippen molar-refractivity contribution in [2.45, 2.75) is 46.2 Å². The zero-order valence-electron chi connectivity index (χ0n) is 10.5. The first-order chi connectivity index (χ1) is 8.05. The van der Waals surface area contributed by atoms with Crippen LogP contribution < -0.4 is 17.0 Å². The maximum absolute atomic E-state index is 12.8. The smallest absolute Gasteiger partial charge is 0.457 e. The maximum Gasteiger partial charge on any atom is 0.457 e. The first-order valence-corrected chi connectivity index (χ1v) is 5.32. The lowest BCUT2D eigenvalue weighted by Crippen LogP contribution is -3.00.